The summed E-state index contributed by atoms with van der Waals surface area (Å²) in [7, 11) is -3.33. The minimum atomic E-state index is -3.33. The molecular formula is C11H23NO3S. The fourth-order valence-electron chi connectivity index (χ4n) is 1.44. The fraction of sp³-hybridized carbons (Fsp3) is 0.909. The molecule has 0 aliphatic carbocycles. The van der Waals surface area contributed by atoms with Gasteiger partial charge in [-0.25, -0.2) is 8.42 Å². The number of amides is 1. The van der Waals surface area contributed by atoms with E-state index in [1.54, 1.807) is 0 Å². The average Bonchev–Trinajstić information content (AvgIpc) is 2.22. The Bertz CT molecular complexity index is 298. The lowest BCUT2D eigenvalue weighted by molar-refractivity contribution is -0.117. The molecule has 0 bridgehead atoms. The minimum absolute atomic E-state index is 0.0727. The number of nitrogens with two attached hydrogens (primary N) is 1. The van der Waals surface area contributed by atoms with Crippen LogP contribution in [0, 0.1) is 0 Å². The van der Waals surface area contributed by atoms with Crippen molar-refractivity contribution in [3.63, 3.8) is 0 Å². The molecule has 0 rings (SSSR count). The second-order valence-corrected chi connectivity index (χ2v) is 6.62. The lowest BCUT2D eigenvalue weighted by Gasteiger charge is -2.08. The van der Waals surface area contributed by atoms with Crippen molar-refractivity contribution in [2.45, 2.75) is 57.6 Å². The predicted octanol–water partition coefficient (Wildman–Crippen LogP) is 1.64. The molecule has 0 aromatic heterocycles. The monoisotopic (exact) mass is 249 g/mol. The Morgan fingerprint density at radius 1 is 1.12 bits per heavy atom. The topological polar surface area (TPSA) is 77.2 Å². The van der Waals surface area contributed by atoms with Gasteiger partial charge in [0.05, 0.1) is 5.75 Å². The van der Waals surface area contributed by atoms with Crippen molar-refractivity contribution in [1.82, 2.24) is 0 Å². The van der Waals surface area contributed by atoms with Crippen molar-refractivity contribution in [2.75, 3.05) is 5.75 Å². The number of hydrogen-bond donors (Lipinski definition) is 1. The summed E-state index contributed by atoms with van der Waals surface area (Å²) < 4.78 is 23.1. The third-order valence-corrected chi connectivity index (χ3v) is 4.89. The number of carbonyl (C=O) groups is 1. The molecule has 0 fully saturated rings. The van der Waals surface area contributed by atoms with Gasteiger partial charge in [-0.3, -0.25) is 4.79 Å². The minimum Gasteiger partial charge on any atom is -0.369 e. The maximum Gasteiger partial charge on any atom is 0.235 e. The number of rotatable bonds is 9. The molecule has 1 atom stereocenters. The van der Waals surface area contributed by atoms with Crippen molar-refractivity contribution >= 4 is 15.7 Å². The van der Waals surface area contributed by atoms with Gasteiger partial charge in [0.25, 0.3) is 0 Å². The highest BCUT2D eigenvalue weighted by Crippen LogP contribution is 2.09. The maximum absolute atomic E-state index is 11.6. The molecule has 0 spiro atoms. The van der Waals surface area contributed by atoms with Gasteiger partial charge in [0.15, 0.2) is 9.84 Å². The Morgan fingerprint density at radius 3 is 2.12 bits per heavy atom. The molecule has 96 valence electrons. The van der Waals surface area contributed by atoms with Gasteiger partial charge in [-0.1, -0.05) is 39.0 Å². The van der Waals surface area contributed by atoms with Gasteiger partial charge in [0.2, 0.25) is 5.91 Å². The van der Waals surface area contributed by atoms with Crippen LogP contribution < -0.4 is 5.73 Å². The van der Waals surface area contributed by atoms with E-state index >= 15 is 0 Å². The summed E-state index contributed by atoms with van der Waals surface area (Å²) in [5.41, 5.74) is 4.97. The van der Waals surface area contributed by atoms with E-state index in [0.29, 0.717) is 6.42 Å². The first-order chi connectivity index (χ1) is 7.41. The van der Waals surface area contributed by atoms with Crippen molar-refractivity contribution < 1.29 is 13.2 Å². The van der Waals surface area contributed by atoms with Crippen LogP contribution in [0.4, 0.5) is 0 Å². The van der Waals surface area contributed by atoms with Crippen molar-refractivity contribution in [2.24, 2.45) is 5.73 Å². The average molecular weight is 249 g/mol. The molecule has 0 aromatic carbocycles. The standard InChI is InChI=1S/C11H23NO3S/c1-3-4-5-6-7-8-9-16(14,15)10(2)11(12)13/h10H,3-9H2,1-2H3,(H2,12,13). The SMILES string of the molecule is CCCCCCCCS(=O)(=O)C(C)C(N)=O. The van der Waals surface area contributed by atoms with Gasteiger partial charge in [0.1, 0.15) is 5.25 Å². The van der Waals surface area contributed by atoms with Crippen LogP contribution in [0.25, 0.3) is 0 Å². The molecule has 5 heteroatoms. The zero-order chi connectivity index (χ0) is 12.6. The summed E-state index contributed by atoms with van der Waals surface area (Å²) in [6.07, 6.45) is 6.13. The van der Waals surface area contributed by atoms with Gasteiger partial charge in [-0.05, 0) is 13.3 Å². The summed E-state index contributed by atoms with van der Waals surface area (Å²) in [4.78, 5) is 10.8. The summed E-state index contributed by atoms with van der Waals surface area (Å²) in [5, 5.41) is -1.05. The highest BCUT2D eigenvalue weighted by Gasteiger charge is 2.24. The molecule has 16 heavy (non-hydrogen) atoms. The van der Waals surface area contributed by atoms with E-state index in [0.717, 1.165) is 19.3 Å². The van der Waals surface area contributed by atoms with E-state index in [2.05, 4.69) is 6.92 Å². The molecule has 0 aliphatic heterocycles. The van der Waals surface area contributed by atoms with Crippen LogP contribution in [0.15, 0.2) is 0 Å². The molecule has 0 heterocycles. The highest BCUT2D eigenvalue weighted by atomic mass is 32.2. The van der Waals surface area contributed by atoms with Crippen LogP contribution in [0.5, 0.6) is 0 Å². The van der Waals surface area contributed by atoms with Crippen LogP contribution >= 0.6 is 0 Å². The Hall–Kier alpha value is -0.580. The first-order valence-corrected chi connectivity index (χ1v) is 7.64. The van der Waals surface area contributed by atoms with E-state index in [4.69, 9.17) is 5.73 Å². The smallest absolute Gasteiger partial charge is 0.235 e. The second-order valence-electron chi connectivity index (χ2n) is 4.18. The largest absolute Gasteiger partial charge is 0.369 e. The zero-order valence-electron chi connectivity index (χ0n) is 10.2. The number of carbonyl (C=O) groups excluding carboxylic acids is 1. The zero-order valence-corrected chi connectivity index (χ0v) is 11.1. The van der Waals surface area contributed by atoms with Crippen LogP contribution in [0.1, 0.15) is 52.4 Å². The first-order valence-electron chi connectivity index (χ1n) is 5.92. The molecule has 0 saturated carbocycles. The summed E-state index contributed by atoms with van der Waals surface area (Å²) in [6, 6.07) is 0. The molecule has 1 amide bonds. The van der Waals surface area contributed by atoms with Gasteiger partial charge in [-0.15, -0.1) is 0 Å². The Kier molecular flexibility index (Phi) is 7.38. The number of hydrogen-bond acceptors (Lipinski definition) is 3. The summed E-state index contributed by atoms with van der Waals surface area (Å²) >= 11 is 0. The Balaban J connectivity index is 3.79. The predicted molar refractivity (Wildman–Crippen MR) is 65.8 cm³/mol. The summed E-state index contributed by atoms with van der Waals surface area (Å²) in [5.74, 6) is -0.686. The lowest BCUT2D eigenvalue weighted by atomic mass is 10.1. The van der Waals surface area contributed by atoms with Crippen LogP contribution in [0.3, 0.4) is 0 Å². The van der Waals surface area contributed by atoms with Crippen LogP contribution in [0.2, 0.25) is 0 Å². The van der Waals surface area contributed by atoms with E-state index in [1.165, 1.54) is 19.8 Å². The molecule has 0 aromatic rings. The number of primary amides is 1. The van der Waals surface area contributed by atoms with E-state index in [-0.39, 0.29) is 5.75 Å². The highest BCUT2D eigenvalue weighted by molar-refractivity contribution is 7.92. The second kappa shape index (κ2) is 7.65. The maximum atomic E-state index is 11.6. The lowest BCUT2D eigenvalue weighted by Crippen LogP contribution is -2.34. The van der Waals surface area contributed by atoms with Crippen LogP contribution in [-0.4, -0.2) is 25.3 Å². The summed E-state index contributed by atoms with van der Waals surface area (Å²) in [6.45, 7) is 3.49. The number of sulfone groups is 1. The molecule has 0 radical (unpaired) electrons. The normalized spacial score (nSPS) is 13.6. The van der Waals surface area contributed by atoms with Crippen LogP contribution in [-0.2, 0) is 14.6 Å². The van der Waals surface area contributed by atoms with Gasteiger partial charge >= 0.3 is 0 Å². The van der Waals surface area contributed by atoms with Gasteiger partial charge < -0.3 is 5.73 Å². The van der Waals surface area contributed by atoms with E-state index < -0.39 is 21.0 Å². The molecule has 2 N–H and O–H groups in total. The van der Waals surface area contributed by atoms with Crippen molar-refractivity contribution in [3.8, 4) is 0 Å². The van der Waals surface area contributed by atoms with Crippen molar-refractivity contribution in [1.29, 1.82) is 0 Å². The first kappa shape index (κ1) is 15.4. The molecule has 0 saturated heterocycles. The Labute approximate surface area is 98.5 Å². The van der Waals surface area contributed by atoms with Gasteiger partial charge in [0, 0.05) is 0 Å². The van der Waals surface area contributed by atoms with E-state index in [9.17, 15) is 13.2 Å². The Morgan fingerprint density at radius 2 is 1.62 bits per heavy atom. The van der Waals surface area contributed by atoms with E-state index in [1.807, 2.05) is 0 Å². The van der Waals surface area contributed by atoms with Crippen molar-refractivity contribution in [3.05, 3.63) is 0 Å². The third-order valence-electron chi connectivity index (χ3n) is 2.72. The third kappa shape index (κ3) is 6.10. The fourth-order valence-corrected chi connectivity index (χ4v) is 2.75. The molecule has 1 unspecified atom stereocenters. The molecular weight excluding hydrogens is 226 g/mol. The van der Waals surface area contributed by atoms with Gasteiger partial charge in [-0.2, -0.15) is 0 Å². The number of unbranched alkanes of at least 4 members (excludes halogenated alkanes) is 5. The quantitative estimate of drug-likeness (QED) is 0.631. The molecule has 0 aliphatic rings. The molecule has 4 nitrogen and oxygen atoms in total.